The molecule has 0 radical (unpaired) electrons. The molecule has 11 nitrogen and oxygen atoms in total. The van der Waals surface area contributed by atoms with E-state index in [0.29, 0.717) is 12.8 Å². The largest absolute Gasteiger partial charge is 0.459 e. The van der Waals surface area contributed by atoms with Crippen LogP contribution in [0.2, 0.25) is 0 Å². The first-order valence-electron chi connectivity index (χ1n) is 10.2. The summed E-state index contributed by atoms with van der Waals surface area (Å²) in [6.45, 7) is 5.03. The number of carbonyl (C=O) groups excluding carboxylic acids is 4. The van der Waals surface area contributed by atoms with Crippen LogP contribution in [0.25, 0.3) is 0 Å². The summed E-state index contributed by atoms with van der Waals surface area (Å²) in [5.41, 5.74) is 3.51. The van der Waals surface area contributed by atoms with Crippen LogP contribution in [0.5, 0.6) is 0 Å². The molecule has 1 aromatic carbocycles. The molecule has 1 saturated carbocycles. The number of urea groups is 1. The Morgan fingerprint density at radius 3 is 2.59 bits per heavy atom. The van der Waals surface area contributed by atoms with Gasteiger partial charge in [-0.15, -0.1) is 0 Å². The number of hydrogen-bond acceptors (Lipinski definition) is 7. The van der Waals surface area contributed by atoms with Crippen LogP contribution in [0.15, 0.2) is 18.2 Å². The van der Waals surface area contributed by atoms with Crippen LogP contribution >= 0.6 is 0 Å². The zero-order chi connectivity index (χ0) is 23.8. The van der Waals surface area contributed by atoms with E-state index < -0.39 is 53.1 Å². The number of esters is 1. The summed E-state index contributed by atoms with van der Waals surface area (Å²) >= 11 is 0. The zero-order valence-corrected chi connectivity index (χ0v) is 18.2. The average Bonchev–Trinajstić information content (AvgIpc) is 2.87. The summed E-state index contributed by atoms with van der Waals surface area (Å²) in [5, 5.41) is 14.0. The first-order valence-corrected chi connectivity index (χ1v) is 10.2. The van der Waals surface area contributed by atoms with Crippen molar-refractivity contribution in [2.75, 3.05) is 6.54 Å². The fourth-order valence-corrected chi connectivity index (χ4v) is 4.99. The number of rotatable bonds is 6. The third-order valence-corrected chi connectivity index (χ3v) is 5.87. The fourth-order valence-electron chi connectivity index (χ4n) is 4.99. The highest BCUT2D eigenvalue weighted by atomic mass is 16.6. The number of ether oxygens (including phenoxy) is 1. The monoisotopic (exact) mass is 446 g/mol. The lowest BCUT2D eigenvalue weighted by Gasteiger charge is -2.43. The van der Waals surface area contributed by atoms with Gasteiger partial charge in [-0.2, -0.15) is 0 Å². The predicted octanol–water partition coefficient (Wildman–Crippen LogP) is 1.87. The average molecular weight is 446 g/mol. The van der Waals surface area contributed by atoms with Gasteiger partial charge in [0, 0.05) is 11.6 Å². The van der Waals surface area contributed by atoms with Crippen LogP contribution in [0.4, 0.5) is 10.5 Å². The van der Waals surface area contributed by atoms with Gasteiger partial charge in [0.25, 0.3) is 11.6 Å². The molecule has 32 heavy (non-hydrogen) atoms. The third kappa shape index (κ3) is 4.56. The second kappa shape index (κ2) is 8.21. The summed E-state index contributed by atoms with van der Waals surface area (Å²) in [6.07, 6.45) is 1.89. The quantitative estimate of drug-likeness (QED) is 0.292. The van der Waals surface area contributed by atoms with Crippen molar-refractivity contribution >= 4 is 29.5 Å². The van der Waals surface area contributed by atoms with Crippen molar-refractivity contribution in [1.82, 2.24) is 10.2 Å². The Kier molecular flexibility index (Phi) is 5.94. The van der Waals surface area contributed by atoms with Gasteiger partial charge >= 0.3 is 12.0 Å². The Morgan fingerprint density at radius 1 is 1.31 bits per heavy atom. The predicted molar refractivity (Wildman–Crippen MR) is 111 cm³/mol. The van der Waals surface area contributed by atoms with Gasteiger partial charge in [0.05, 0.1) is 10.5 Å². The molecule has 0 bridgehead atoms. The lowest BCUT2D eigenvalue weighted by Crippen LogP contribution is -2.54. The second-order valence-corrected chi connectivity index (χ2v) is 9.38. The SMILES string of the molecule is CC1CC(C)(C)CC2(C1)NC(=O)N(CC(=O)OCc1ccc(C(N)=O)cc1[N+](=O)[O-])C2=O. The molecule has 1 saturated heterocycles. The van der Waals surface area contributed by atoms with Gasteiger partial charge in [-0.1, -0.05) is 20.8 Å². The Bertz CT molecular complexity index is 1010. The number of carbonyl (C=O) groups is 4. The molecule has 2 atom stereocenters. The molecule has 0 aromatic heterocycles. The van der Waals surface area contributed by atoms with Crippen LogP contribution in [0, 0.1) is 21.4 Å². The van der Waals surface area contributed by atoms with Crippen molar-refractivity contribution in [1.29, 1.82) is 0 Å². The molecule has 1 aliphatic carbocycles. The standard InChI is InChI=1S/C21H26N4O7/c1-12-7-20(2,3)11-21(8-12)18(28)24(19(29)23-21)9-16(26)32-10-14-5-4-13(17(22)27)6-15(14)25(30)31/h4-6,12H,7-11H2,1-3H3,(H2,22,27)(H,23,29). The molecule has 1 aromatic rings. The molecular weight excluding hydrogens is 420 g/mol. The molecule has 2 unspecified atom stereocenters. The van der Waals surface area contributed by atoms with Crippen molar-refractivity contribution in [3.8, 4) is 0 Å². The number of hydrogen-bond donors (Lipinski definition) is 2. The van der Waals surface area contributed by atoms with E-state index in [9.17, 15) is 29.3 Å². The third-order valence-electron chi connectivity index (χ3n) is 5.87. The number of nitrogens with zero attached hydrogens (tertiary/aromatic N) is 2. The van der Waals surface area contributed by atoms with E-state index >= 15 is 0 Å². The van der Waals surface area contributed by atoms with Crippen LogP contribution in [-0.2, 0) is 20.9 Å². The first-order chi connectivity index (χ1) is 14.8. The van der Waals surface area contributed by atoms with E-state index in [1.165, 1.54) is 12.1 Å². The molecule has 1 aliphatic heterocycles. The number of amides is 4. The molecule has 2 aliphatic rings. The van der Waals surface area contributed by atoms with Gasteiger partial charge < -0.3 is 15.8 Å². The highest BCUT2D eigenvalue weighted by Crippen LogP contribution is 2.46. The molecule has 3 rings (SSSR count). The molecule has 11 heteroatoms. The lowest BCUT2D eigenvalue weighted by atomic mass is 9.64. The summed E-state index contributed by atoms with van der Waals surface area (Å²) in [4.78, 5) is 60.5. The maximum Gasteiger partial charge on any atom is 0.326 e. The van der Waals surface area contributed by atoms with E-state index in [4.69, 9.17) is 10.5 Å². The van der Waals surface area contributed by atoms with Gasteiger partial charge in [-0.05, 0) is 42.7 Å². The molecule has 1 heterocycles. The highest BCUT2D eigenvalue weighted by Gasteiger charge is 2.56. The number of nitro groups is 1. The van der Waals surface area contributed by atoms with Crippen molar-refractivity contribution in [2.24, 2.45) is 17.1 Å². The Balaban J connectivity index is 1.68. The fraction of sp³-hybridized carbons (Fsp3) is 0.524. The molecule has 1 spiro atoms. The van der Waals surface area contributed by atoms with Crippen molar-refractivity contribution in [2.45, 2.75) is 52.2 Å². The molecular formula is C21H26N4O7. The lowest BCUT2D eigenvalue weighted by molar-refractivity contribution is -0.385. The summed E-state index contributed by atoms with van der Waals surface area (Å²) < 4.78 is 5.08. The maximum absolute atomic E-state index is 13.1. The number of imide groups is 1. The van der Waals surface area contributed by atoms with Gasteiger partial charge in [-0.3, -0.25) is 29.4 Å². The van der Waals surface area contributed by atoms with Crippen LogP contribution in [0.3, 0.4) is 0 Å². The minimum atomic E-state index is -1.04. The van der Waals surface area contributed by atoms with Crippen LogP contribution in [-0.4, -0.2) is 45.7 Å². The molecule has 172 valence electrons. The van der Waals surface area contributed by atoms with Gasteiger partial charge in [0.1, 0.15) is 18.7 Å². The number of nitrogens with one attached hydrogen (secondary N) is 1. The Hall–Kier alpha value is -3.50. The molecule has 3 N–H and O–H groups in total. The summed E-state index contributed by atoms with van der Waals surface area (Å²) in [7, 11) is 0. The van der Waals surface area contributed by atoms with Crippen LogP contribution in [0.1, 0.15) is 56.0 Å². The number of benzene rings is 1. The minimum absolute atomic E-state index is 0.0462. The van der Waals surface area contributed by atoms with Crippen molar-refractivity contribution in [3.05, 3.63) is 39.4 Å². The van der Waals surface area contributed by atoms with E-state index in [-0.39, 0.29) is 22.5 Å². The molecule has 2 fully saturated rings. The first kappa shape index (κ1) is 23.2. The Labute approximate surface area is 184 Å². The maximum atomic E-state index is 13.1. The molecule has 4 amide bonds. The number of nitrogens with two attached hydrogens (primary N) is 1. The van der Waals surface area contributed by atoms with Gasteiger partial charge in [0.2, 0.25) is 5.91 Å². The van der Waals surface area contributed by atoms with Crippen LogP contribution < -0.4 is 11.1 Å². The van der Waals surface area contributed by atoms with Gasteiger partial charge in [0.15, 0.2) is 0 Å². The topological polar surface area (TPSA) is 162 Å². The number of nitro benzene ring substituents is 1. The summed E-state index contributed by atoms with van der Waals surface area (Å²) in [5.74, 6) is -1.96. The normalized spacial score (nSPS) is 24.3. The second-order valence-electron chi connectivity index (χ2n) is 9.38. The zero-order valence-electron chi connectivity index (χ0n) is 18.2. The summed E-state index contributed by atoms with van der Waals surface area (Å²) in [6, 6.07) is 2.89. The van der Waals surface area contributed by atoms with E-state index in [2.05, 4.69) is 5.32 Å². The minimum Gasteiger partial charge on any atom is -0.459 e. The van der Waals surface area contributed by atoms with Gasteiger partial charge in [-0.25, -0.2) is 4.79 Å². The number of primary amides is 1. The smallest absolute Gasteiger partial charge is 0.326 e. The van der Waals surface area contributed by atoms with Crippen molar-refractivity contribution in [3.63, 3.8) is 0 Å². The van der Waals surface area contributed by atoms with E-state index in [0.717, 1.165) is 17.4 Å². The Morgan fingerprint density at radius 2 is 2.00 bits per heavy atom. The van der Waals surface area contributed by atoms with E-state index in [1.54, 1.807) is 0 Å². The van der Waals surface area contributed by atoms with Crippen molar-refractivity contribution < 1.29 is 28.8 Å². The highest BCUT2D eigenvalue weighted by molar-refractivity contribution is 6.08. The van der Waals surface area contributed by atoms with E-state index in [1.807, 2.05) is 20.8 Å².